The molecule has 11 nitrogen and oxygen atoms in total. The highest BCUT2D eigenvalue weighted by Gasteiger charge is 2.24. The summed E-state index contributed by atoms with van der Waals surface area (Å²) in [5.74, 6) is 2.98. The summed E-state index contributed by atoms with van der Waals surface area (Å²) in [5.41, 5.74) is 3.10. The molecule has 1 aliphatic heterocycles. The van der Waals surface area contributed by atoms with Gasteiger partial charge in [-0.2, -0.15) is 0 Å². The number of rotatable bonds is 11. The van der Waals surface area contributed by atoms with Gasteiger partial charge in [-0.05, 0) is 60.6 Å². The molecule has 1 saturated carbocycles. The molecule has 2 aliphatic rings. The molecule has 0 spiro atoms. The second kappa shape index (κ2) is 15.5. The summed E-state index contributed by atoms with van der Waals surface area (Å²) in [7, 11) is 3.26. The van der Waals surface area contributed by atoms with Crippen LogP contribution in [0, 0.1) is 5.92 Å². The van der Waals surface area contributed by atoms with Crippen molar-refractivity contribution < 1.29 is 29.2 Å². The number of fused-ring (bicyclic) bond motifs is 1. The Morgan fingerprint density at radius 3 is 2.55 bits per heavy atom. The maximum absolute atomic E-state index is 12.3. The van der Waals surface area contributed by atoms with E-state index in [0.717, 1.165) is 37.4 Å². The Morgan fingerprint density at radius 2 is 1.82 bits per heavy atom. The Labute approximate surface area is 257 Å². The zero-order valence-corrected chi connectivity index (χ0v) is 25.7. The van der Waals surface area contributed by atoms with Crippen molar-refractivity contribution in [2.45, 2.75) is 64.6 Å². The lowest BCUT2D eigenvalue weighted by molar-refractivity contribution is 0.137. The molecule has 1 atom stereocenters. The molecule has 5 rings (SSSR count). The Morgan fingerprint density at radius 1 is 1.07 bits per heavy atom. The Bertz CT molecular complexity index is 1520. The smallest absolute Gasteiger partial charge is 0.493 e. The van der Waals surface area contributed by atoms with Crippen molar-refractivity contribution in [3.63, 3.8) is 0 Å². The van der Waals surface area contributed by atoms with Gasteiger partial charge in [-0.1, -0.05) is 37.5 Å². The van der Waals surface area contributed by atoms with Gasteiger partial charge in [-0.15, -0.1) is 0 Å². The van der Waals surface area contributed by atoms with Crippen LogP contribution in [-0.2, 0) is 26.6 Å². The largest absolute Gasteiger partial charge is 0.503 e. The lowest BCUT2D eigenvalue weighted by atomic mass is 9.88. The molecule has 0 saturated heterocycles. The van der Waals surface area contributed by atoms with Gasteiger partial charge in [0.2, 0.25) is 0 Å². The molecule has 238 valence electrons. The molecular weight excluding hydrogens is 566 g/mol. The van der Waals surface area contributed by atoms with Gasteiger partial charge in [0.1, 0.15) is 12.4 Å². The molecule has 2 heterocycles. The topological polar surface area (TPSA) is 132 Å². The highest BCUT2D eigenvalue weighted by atomic mass is 16.6. The number of nitrogens with zero attached hydrogens (tertiary/aromatic N) is 3. The summed E-state index contributed by atoms with van der Waals surface area (Å²) in [6, 6.07) is 14.4. The van der Waals surface area contributed by atoms with Crippen molar-refractivity contribution in [1.29, 1.82) is 0 Å². The van der Waals surface area contributed by atoms with Crippen LogP contribution in [0.3, 0.4) is 0 Å². The molecule has 2 aromatic carbocycles. The van der Waals surface area contributed by atoms with E-state index >= 15 is 0 Å². The van der Waals surface area contributed by atoms with E-state index in [-0.39, 0.29) is 30.4 Å². The van der Waals surface area contributed by atoms with Crippen LogP contribution in [0.15, 0.2) is 58.3 Å². The number of carboxylic acid groups (broad SMARTS) is 2. The maximum Gasteiger partial charge on any atom is 0.503 e. The molecule has 1 fully saturated rings. The molecular formula is C33H43N3O8. The van der Waals surface area contributed by atoms with Crippen LogP contribution in [0.5, 0.6) is 17.2 Å². The third-order valence-electron chi connectivity index (χ3n) is 8.39. The highest BCUT2D eigenvalue weighted by Crippen LogP contribution is 2.34. The Kier molecular flexibility index (Phi) is 11.5. The molecule has 3 aromatic rings. The van der Waals surface area contributed by atoms with E-state index in [1.165, 1.54) is 64.6 Å². The quantitative estimate of drug-likeness (QED) is 0.310. The van der Waals surface area contributed by atoms with Gasteiger partial charge in [-0.3, -0.25) is 14.3 Å². The van der Waals surface area contributed by atoms with Gasteiger partial charge in [0.25, 0.3) is 5.56 Å². The SMILES string of the molecule is COc1cc(CN(CC2CCCCC2)C(C)c2ccc3c(c2)CCO3)ccc1OCCn1c(=O)ccn(C)c1=O.O=C(O)O. The average molecular weight is 610 g/mol. The molecule has 0 radical (unpaired) electrons. The van der Waals surface area contributed by atoms with E-state index in [9.17, 15) is 9.59 Å². The number of carbonyl (C=O) groups is 1. The van der Waals surface area contributed by atoms with E-state index in [4.69, 9.17) is 29.2 Å². The predicted octanol–water partition coefficient (Wildman–Crippen LogP) is 4.94. The first kappa shape index (κ1) is 32.7. The average Bonchev–Trinajstić information content (AvgIpc) is 3.49. The van der Waals surface area contributed by atoms with Gasteiger partial charge in [0.15, 0.2) is 11.5 Å². The first-order valence-electron chi connectivity index (χ1n) is 15.1. The predicted molar refractivity (Wildman–Crippen MR) is 166 cm³/mol. The minimum absolute atomic E-state index is 0.162. The van der Waals surface area contributed by atoms with Crippen LogP contribution in [0.1, 0.15) is 61.8 Å². The van der Waals surface area contributed by atoms with Crippen molar-refractivity contribution in [2.24, 2.45) is 13.0 Å². The highest BCUT2D eigenvalue weighted by molar-refractivity contribution is 5.53. The van der Waals surface area contributed by atoms with E-state index < -0.39 is 6.16 Å². The van der Waals surface area contributed by atoms with Crippen molar-refractivity contribution in [1.82, 2.24) is 14.0 Å². The molecule has 11 heteroatoms. The van der Waals surface area contributed by atoms with E-state index in [1.54, 1.807) is 14.2 Å². The van der Waals surface area contributed by atoms with Crippen LogP contribution in [0.2, 0.25) is 0 Å². The van der Waals surface area contributed by atoms with E-state index in [2.05, 4.69) is 36.1 Å². The van der Waals surface area contributed by atoms with E-state index in [0.29, 0.717) is 17.4 Å². The Balaban J connectivity index is 0.00000104. The number of hydrogen-bond donors (Lipinski definition) is 2. The standard InChI is InChI=1S/C32H41N3O5.CH2O3/c1-23(26-10-12-28-27(20-26)14-17-39-28)34(21-24-7-5-4-6-8-24)22-25-9-11-29(30(19-25)38-3)40-18-16-35-31(36)13-15-33(2)32(35)37;2-1(3)4/h9-13,15,19-20,23-24H,4-8,14,16-18,21-22H2,1-3H3;(H2,2,3,4). The molecule has 1 aliphatic carbocycles. The fourth-order valence-corrected chi connectivity index (χ4v) is 5.97. The van der Waals surface area contributed by atoms with Crippen molar-refractivity contribution in [3.05, 3.63) is 86.2 Å². The second-order valence-electron chi connectivity index (χ2n) is 11.4. The summed E-state index contributed by atoms with van der Waals surface area (Å²) < 4.78 is 20.0. The molecule has 1 unspecified atom stereocenters. The summed E-state index contributed by atoms with van der Waals surface area (Å²) >= 11 is 0. The van der Waals surface area contributed by atoms with E-state index in [1.807, 2.05) is 12.1 Å². The molecule has 1 aromatic heterocycles. The van der Waals surface area contributed by atoms with Gasteiger partial charge >= 0.3 is 11.8 Å². The molecule has 2 N–H and O–H groups in total. The minimum Gasteiger partial charge on any atom is -0.493 e. The monoisotopic (exact) mass is 609 g/mol. The Hall–Kier alpha value is -4.25. The normalized spacial score (nSPS) is 15.1. The number of hydrogen-bond acceptors (Lipinski definition) is 7. The van der Waals surface area contributed by atoms with Crippen LogP contribution in [0.4, 0.5) is 4.79 Å². The fraction of sp³-hybridized carbons (Fsp3) is 0.485. The fourth-order valence-electron chi connectivity index (χ4n) is 5.97. The summed E-state index contributed by atoms with van der Waals surface area (Å²) in [5, 5.41) is 13.9. The van der Waals surface area contributed by atoms with Crippen LogP contribution >= 0.6 is 0 Å². The van der Waals surface area contributed by atoms with Crippen LogP contribution in [-0.4, -0.2) is 57.3 Å². The number of ether oxygens (including phenoxy) is 3. The van der Waals surface area contributed by atoms with Crippen LogP contribution in [0.25, 0.3) is 0 Å². The zero-order valence-electron chi connectivity index (χ0n) is 25.7. The maximum atomic E-state index is 12.3. The van der Waals surface area contributed by atoms with Gasteiger partial charge < -0.3 is 29.0 Å². The van der Waals surface area contributed by atoms with Crippen molar-refractivity contribution in [3.8, 4) is 17.2 Å². The van der Waals surface area contributed by atoms with Gasteiger partial charge in [0, 0.05) is 44.9 Å². The zero-order chi connectivity index (χ0) is 31.6. The van der Waals surface area contributed by atoms with Gasteiger partial charge in [-0.25, -0.2) is 9.59 Å². The lowest BCUT2D eigenvalue weighted by Crippen LogP contribution is -2.39. The van der Waals surface area contributed by atoms with Crippen LogP contribution < -0.4 is 25.5 Å². The lowest BCUT2D eigenvalue weighted by Gasteiger charge is -2.34. The first-order chi connectivity index (χ1) is 21.2. The molecule has 0 amide bonds. The third-order valence-corrected chi connectivity index (χ3v) is 8.39. The summed E-state index contributed by atoms with van der Waals surface area (Å²) in [4.78, 5) is 35.6. The second-order valence-corrected chi connectivity index (χ2v) is 11.4. The number of aryl methyl sites for hydroxylation is 1. The number of methoxy groups -OCH3 is 1. The first-order valence-corrected chi connectivity index (χ1v) is 15.1. The summed E-state index contributed by atoms with van der Waals surface area (Å²) in [6.07, 6.45) is 7.21. The summed E-state index contributed by atoms with van der Waals surface area (Å²) in [6.45, 7) is 5.29. The van der Waals surface area contributed by atoms with Gasteiger partial charge in [0.05, 0.1) is 20.3 Å². The number of aromatic nitrogens is 2. The third kappa shape index (κ3) is 8.66. The molecule has 44 heavy (non-hydrogen) atoms. The molecule has 0 bridgehead atoms. The van der Waals surface area contributed by atoms with Crippen molar-refractivity contribution >= 4 is 6.16 Å². The van der Waals surface area contributed by atoms with Crippen molar-refractivity contribution in [2.75, 3.05) is 26.9 Å². The minimum atomic E-state index is -1.83. The number of benzene rings is 2.